The lowest BCUT2D eigenvalue weighted by molar-refractivity contribution is 0.0945. The molecule has 1 aromatic carbocycles. The zero-order valence-corrected chi connectivity index (χ0v) is 15.3. The number of nitrogens with one attached hydrogen (secondary N) is 2. The van der Waals surface area contributed by atoms with Crippen molar-refractivity contribution in [1.29, 1.82) is 0 Å². The van der Waals surface area contributed by atoms with Gasteiger partial charge in [0.2, 0.25) is 0 Å². The van der Waals surface area contributed by atoms with Gasteiger partial charge in [-0.2, -0.15) is 0 Å². The second-order valence-electron chi connectivity index (χ2n) is 7.36. The molecule has 0 spiro atoms. The highest BCUT2D eigenvalue weighted by Crippen LogP contribution is 2.25. The van der Waals surface area contributed by atoms with Gasteiger partial charge in [-0.25, -0.2) is 4.98 Å². The fourth-order valence-electron chi connectivity index (χ4n) is 3.43. The smallest absolute Gasteiger partial charge is 0.291 e. The highest BCUT2D eigenvalue weighted by Gasteiger charge is 2.30. The molecule has 0 radical (unpaired) electrons. The van der Waals surface area contributed by atoms with Gasteiger partial charge in [-0.3, -0.25) is 9.59 Å². The van der Waals surface area contributed by atoms with E-state index in [1.165, 1.54) is 0 Å². The third-order valence-electron chi connectivity index (χ3n) is 5.09. The maximum Gasteiger partial charge on any atom is 0.291 e. The van der Waals surface area contributed by atoms with Gasteiger partial charge in [0, 0.05) is 18.3 Å². The van der Waals surface area contributed by atoms with E-state index in [2.05, 4.69) is 15.6 Å². The summed E-state index contributed by atoms with van der Waals surface area (Å²) in [6.07, 6.45) is 4.87. The largest absolute Gasteiger partial charge is 0.348 e. The number of amides is 2. The van der Waals surface area contributed by atoms with Crippen LogP contribution in [0.5, 0.6) is 0 Å². The first-order valence-corrected chi connectivity index (χ1v) is 9.32. The van der Waals surface area contributed by atoms with Crippen LogP contribution in [0, 0.1) is 13.8 Å². The van der Waals surface area contributed by atoms with Crippen LogP contribution in [0.2, 0.25) is 0 Å². The van der Waals surface area contributed by atoms with Gasteiger partial charge in [0.25, 0.3) is 11.8 Å². The molecule has 2 aliphatic rings. The topological polar surface area (TPSA) is 76.0 Å². The number of aryl methyl sites for hydroxylation is 2. The molecule has 2 heterocycles. The molecule has 1 saturated carbocycles. The number of hydrogen-bond acceptors (Lipinski definition) is 3. The molecule has 6 nitrogen and oxygen atoms in total. The van der Waals surface area contributed by atoms with E-state index < -0.39 is 0 Å². The summed E-state index contributed by atoms with van der Waals surface area (Å²) in [5, 5.41) is 5.96. The first-order chi connectivity index (χ1) is 12.5. The number of carbonyl (C=O) groups is 2. The summed E-state index contributed by atoms with van der Waals surface area (Å²) in [6, 6.07) is 6.23. The molecule has 1 aromatic heterocycles. The van der Waals surface area contributed by atoms with Gasteiger partial charge in [-0.15, -0.1) is 0 Å². The normalized spacial score (nSPS) is 16.1. The first kappa shape index (κ1) is 16.8. The van der Waals surface area contributed by atoms with Crippen LogP contribution in [0.25, 0.3) is 0 Å². The molecule has 2 N–H and O–H groups in total. The first-order valence-electron chi connectivity index (χ1n) is 9.32. The number of rotatable bonds is 4. The lowest BCUT2D eigenvalue weighted by Crippen LogP contribution is -2.27. The van der Waals surface area contributed by atoms with E-state index in [1.54, 1.807) is 0 Å². The van der Waals surface area contributed by atoms with Gasteiger partial charge < -0.3 is 15.2 Å². The molecule has 136 valence electrons. The van der Waals surface area contributed by atoms with E-state index in [0.717, 1.165) is 61.2 Å². The Labute approximate surface area is 153 Å². The molecule has 0 atom stereocenters. The van der Waals surface area contributed by atoms with Crippen molar-refractivity contribution in [3.8, 4) is 0 Å². The molecule has 2 amide bonds. The maximum absolute atomic E-state index is 12.9. The Kier molecular flexibility index (Phi) is 4.26. The van der Waals surface area contributed by atoms with Crippen LogP contribution < -0.4 is 10.6 Å². The fraction of sp³-hybridized carbons (Fsp3) is 0.450. The van der Waals surface area contributed by atoms with Gasteiger partial charge in [-0.05, 0) is 63.1 Å². The highest BCUT2D eigenvalue weighted by molar-refractivity contribution is 6.04. The lowest BCUT2D eigenvalue weighted by Gasteiger charge is -2.17. The zero-order chi connectivity index (χ0) is 18.3. The van der Waals surface area contributed by atoms with Crippen molar-refractivity contribution in [3.63, 3.8) is 0 Å². The summed E-state index contributed by atoms with van der Waals surface area (Å²) in [5.41, 5.74) is 4.18. The Morgan fingerprint density at radius 1 is 1.15 bits per heavy atom. The third-order valence-corrected chi connectivity index (χ3v) is 5.09. The number of anilines is 1. The van der Waals surface area contributed by atoms with Crippen molar-refractivity contribution in [2.75, 3.05) is 5.32 Å². The monoisotopic (exact) mass is 352 g/mol. The Morgan fingerprint density at radius 3 is 2.73 bits per heavy atom. The van der Waals surface area contributed by atoms with Crippen molar-refractivity contribution in [3.05, 3.63) is 46.5 Å². The summed E-state index contributed by atoms with van der Waals surface area (Å²) >= 11 is 0. The number of fused-ring (bicyclic) bond motifs is 1. The standard InChI is InChI=1S/C20H24N4O2/c1-12-6-7-13(2)15(11-12)22-20(26)18-23-17(19(25)21-14-8-9-14)16-5-3-4-10-24(16)18/h6-7,11,14H,3-5,8-10H2,1-2H3,(H,21,25)(H,22,26). The molecule has 2 aromatic rings. The molecule has 0 bridgehead atoms. The van der Waals surface area contributed by atoms with E-state index >= 15 is 0 Å². The minimum absolute atomic E-state index is 0.149. The second-order valence-corrected chi connectivity index (χ2v) is 7.36. The van der Waals surface area contributed by atoms with Crippen LogP contribution in [0.15, 0.2) is 18.2 Å². The summed E-state index contributed by atoms with van der Waals surface area (Å²) in [4.78, 5) is 29.9. The SMILES string of the molecule is Cc1ccc(C)c(NC(=O)c2nc(C(=O)NC3CC3)c3n2CCCC3)c1. The molecule has 0 saturated heterocycles. The second kappa shape index (κ2) is 6.59. The predicted octanol–water partition coefficient (Wildman–Crippen LogP) is 2.98. The number of aromatic nitrogens is 2. The average molecular weight is 352 g/mol. The molecule has 0 unspecified atom stereocenters. The van der Waals surface area contributed by atoms with Crippen LogP contribution in [0.3, 0.4) is 0 Å². The summed E-state index contributed by atoms with van der Waals surface area (Å²) in [7, 11) is 0. The van der Waals surface area contributed by atoms with Crippen molar-refractivity contribution in [2.24, 2.45) is 0 Å². The Balaban J connectivity index is 1.64. The number of imidazole rings is 1. The van der Waals surface area contributed by atoms with Crippen LogP contribution in [0.1, 0.15) is 63.6 Å². The van der Waals surface area contributed by atoms with Gasteiger partial charge >= 0.3 is 0 Å². The summed E-state index contributed by atoms with van der Waals surface area (Å²) in [5.74, 6) is -0.0715. The minimum Gasteiger partial charge on any atom is -0.348 e. The van der Waals surface area contributed by atoms with Crippen molar-refractivity contribution in [1.82, 2.24) is 14.9 Å². The molecular weight excluding hydrogens is 328 g/mol. The summed E-state index contributed by atoms with van der Waals surface area (Å²) in [6.45, 7) is 4.69. The van der Waals surface area contributed by atoms with Crippen LogP contribution in [-0.2, 0) is 13.0 Å². The van der Waals surface area contributed by atoms with E-state index in [0.29, 0.717) is 11.5 Å². The number of nitrogens with zero attached hydrogens (tertiary/aromatic N) is 2. The summed E-state index contributed by atoms with van der Waals surface area (Å²) < 4.78 is 1.92. The molecular formula is C20H24N4O2. The van der Waals surface area contributed by atoms with E-state index in [4.69, 9.17) is 0 Å². The van der Waals surface area contributed by atoms with Crippen molar-refractivity contribution < 1.29 is 9.59 Å². The van der Waals surface area contributed by atoms with E-state index in [-0.39, 0.29) is 17.9 Å². The van der Waals surface area contributed by atoms with Gasteiger partial charge in [-0.1, -0.05) is 12.1 Å². The van der Waals surface area contributed by atoms with Crippen LogP contribution >= 0.6 is 0 Å². The van der Waals surface area contributed by atoms with Gasteiger partial charge in [0.15, 0.2) is 5.82 Å². The van der Waals surface area contributed by atoms with Crippen LogP contribution in [0.4, 0.5) is 5.69 Å². The number of carbonyl (C=O) groups excluding carboxylic acids is 2. The van der Waals surface area contributed by atoms with Crippen molar-refractivity contribution in [2.45, 2.75) is 58.5 Å². The Hall–Kier alpha value is -2.63. The lowest BCUT2D eigenvalue weighted by atomic mass is 10.1. The van der Waals surface area contributed by atoms with E-state index in [9.17, 15) is 9.59 Å². The van der Waals surface area contributed by atoms with Gasteiger partial charge in [0.1, 0.15) is 5.69 Å². The molecule has 1 aliphatic heterocycles. The van der Waals surface area contributed by atoms with Gasteiger partial charge in [0.05, 0.1) is 5.69 Å². The number of benzene rings is 1. The quantitative estimate of drug-likeness (QED) is 0.888. The average Bonchev–Trinajstić information content (AvgIpc) is 3.34. The van der Waals surface area contributed by atoms with Crippen molar-refractivity contribution >= 4 is 17.5 Å². The minimum atomic E-state index is -0.257. The fourth-order valence-corrected chi connectivity index (χ4v) is 3.43. The maximum atomic E-state index is 12.9. The van der Waals surface area contributed by atoms with E-state index in [1.807, 2.05) is 36.6 Å². The molecule has 4 rings (SSSR count). The zero-order valence-electron chi connectivity index (χ0n) is 15.3. The molecule has 1 aliphatic carbocycles. The predicted molar refractivity (Wildman–Crippen MR) is 99.5 cm³/mol. The molecule has 1 fully saturated rings. The number of hydrogen-bond donors (Lipinski definition) is 2. The van der Waals surface area contributed by atoms with Crippen LogP contribution in [-0.4, -0.2) is 27.4 Å². The Morgan fingerprint density at radius 2 is 1.96 bits per heavy atom. The molecule has 26 heavy (non-hydrogen) atoms. The molecule has 6 heteroatoms. The highest BCUT2D eigenvalue weighted by atomic mass is 16.2. The third kappa shape index (κ3) is 3.23. The Bertz CT molecular complexity index is 880.